The molecule has 0 radical (unpaired) electrons. The Morgan fingerprint density at radius 2 is 1.84 bits per heavy atom. The highest BCUT2D eigenvalue weighted by Crippen LogP contribution is 2.16. The van der Waals surface area contributed by atoms with Crippen LogP contribution in [0.2, 0.25) is 0 Å². The number of benzene rings is 2. The number of nitrogens with zero attached hydrogens (tertiary/aromatic N) is 3. The highest BCUT2D eigenvalue weighted by molar-refractivity contribution is 14.1. The number of carbonyl (C=O) groups excluding carboxylic acids is 1. The zero-order valence-corrected chi connectivity index (χ0v) is 16.2. The van der Waals surface area contributed by atoms with Gasteiger partial charge < -0.3 is 9.64 Å². The number of carbonyl (C=O) groups is 1. The maximum absolute atomic E-state index is 12.3. The lowest BCUT2D eigenvalue weighted by Gasteiger charge is -2.17. The Morgan fingerprint density at radius 3 is 2.60 bits per heavy atom. The Labute approximate surface area is 160 Å². The topological polar surface area (TPSA) is 55.3 Å². The number of fused-ring (bicyclic) bond motifs is 1. The second kappa shape index (κ2) is 7.77. The number of halogens is 1. The average Bonchev–Trinajstić information content (AvgIpc) is 2.61. The molecule has 1 amide bonds. The number of hydrogen-bond donors (Lipinski definition) is 0. The quantitative estimate of drug-likeness (QED) is 0.562. The summed E-state index contributed by atoms with van der Waals surface area (Å²) in [5.74, 6) is 1.19. The van der Waals surface area contributed by atoms with Crippen LogP contribution in [0.25, 0.3) is 10.9 Å². The van der Waals surface area contributed by atoms with Gasteiger partial charge in [-0.15, -0.1) is 0 Å². The van der Waals surface area contributed by atoms with Crippen LogP contribution in [0.15, 0.2) is 48.5 Å². The lowest BCUT2D eigenvalue weighted by Crippen LogP contribution is -2.31. The summed E-state index contributed by atoms with van der Waals surface area (Å²) in [5.41, 5.74) is 1.80. The fraction of sp³-hybridized carbons (Fsp3) is 0.211. The van der Waals surface area contributed by atoms with Crippen molar-refractivity contribution in [2.24, 2.45) is 0 Å². The normalized spacial score (nSPS) is 10.7. The molecule has 0 aliphatic carbocycles. The Hall–Kier alpha value is -2.22. The van der Waals surface area contributed by atoms with Gasteiger partial charge in [0.25, 0.3) is 5.91 Å². The first-order chi connectivity index (χ1) is 12.0. The van der Waals surface area contributed by atoms with E-state index in [0.717, 1.165) is 20.2 Å². The molecule has 0 saturated heterocycles. The monoisotopic (exact) mass is 447 g/mol. The minimum atomic E-state index is -0.118. The molecule has 25 heavy (non-hydrogen) atoms. The van der Waals surface area contributed by atoms with E-state index in [-0.39, 0.29) is 12.5 Å². The molecule has 128 valence electrons. The summed E-state index contributed by atoms with van der Waals surface area (Å²) in [6.07, 6.45) is 0. The van der Waals surface area contributed by atoms with Gasteiger partial charge in [0.2, 0.25) is 0 Å². The number of aryl methyl sites for hydroxylation is 1. The molecule has 0 fully saturated rings. The highest BCUT2D eigenvalue weighted by Gasteiger charge is 2.13. The van der Waals surface area contributed by atoms with Crippen LogP contribution >= 0.6 is 22.6 Å². The molecule has 0 aliphatic rings. The van der Waals surface area contributed by atoms with E-state index < -0.39 is 0 Å². The van der Waals surface area contributed by atoms with E-state index in [1.807, 2.05) is 55.5 Å². The summed E-state index contributed by atoms with van der Waals surface area (Å²) in [6, 6.07) is 15.5. The Kier molecular flexibility index (Phi) is 5.47. The summed E-state index contributed by atoms with van der Waals surface area (Å²) in [7, 11) is 1.73. The Morgan fingerprint density at radius 1 is 1.12 bits per heavy atom. The predicted molar refractivity (Wildman–Crippen MR) is 105 cm³/mol. The van der Waals surface area contributed by atoms with Crippen LogP contribution in [0, 0.1) is 10.5 Å². The molecule has 0 unspecified atom stereocenters. The second-order valence-corrected chi connectivity index (χ2v) is 6.98. The number of likely N-dealkylation sites (N-methyl/N-ethyl adjacent to an activating group) is 1. The van der Waals surface area contributed by atoms with Gasteiger partial charge in [-0.3, -0.25) is 4.79 Å². The van der Waals surface area contributed by atoms with Crippen LogP contribution in [0.3, 0.4) is 0 Å². The minimum Gasteiger partial charge on any atom is -0.484 e. The van der Waals surface area contributed by atoms with E-state index in [2.05, 4.69) is 32.6 Å². The molecule has 3 rings (SSSR count). The number of hydrogen-bond acceptors (Lipinski definition) is 4. The molecule has 0 bridgehead atoms. The number of rotatable bonds is 5. The van der Waals surface area contributed by atoms with Crippen molar-refractivity contribution in [2.75, 3.05) is 13.7 Å². The lowest BCUT2D eigenvalue weighted by atomic mass is 10.2. The first kappa shape index (κ1) is 17.6. The third kappa shape index (κ3) is 4.45. The van der Waals surface area contributed by atoms with Crippen LogP contribution in [0.4, 0.5) is 0 Å². The molecule has 2 aromatic carbocycles. The fourth-order valence-corrected chi connectivity index (χ4v) is 2.81. The first-order valence-electron chi connectivity index (χ1n) is 7.87. The van der Waals surface area contributed by atoms with Gasteiger partial charge >= 0.3 is 0 Å². The largest absolute Gasteiger partial charge is 0.484 e. The summed E-state index contributed by atoms with van der Waals surface area (Å²) < 4.78 is 6.66. The number of para-hydroxylation sites is 1. The smallest absolute Gasteiger partial charge is 0.260 e. The van der Waals surface area contributed by atoms with Crippen LogP contribution in [0.1, 0.15) is 11.5 Å². The van der Waals surface area contributed by atoms with Gasteiger partial charge in [-0.05, 0) is 59.8 Å². The summed E-state index contributed by atoms with van der Waals surface area (Å²) in [5, 5.41) is 1.03. The average molecular weight is 447 g/mol. The van der Waals surface area contributed by atoms with Crippen molar-refractivity contribution in [2.45, 2.75) is 13.5 Å². The van der Waals surface area contributed by atoms with Gasteiger partial charge in [0.1, 0.15) is 11.6 Å². The molecule has 0 aliphatic heterocycles. The first-order valence-corrected chi connectivity index (χ1v) is 8.95. The van der Waals surface area contributed by atoms with Crippen molar-refractivity contribution in [3.05, 3.63) is 63.6 Å². The predicted octanol–water partition coefficient (Wildman–Crippen LogP) is 3.58. The van der Waals surface area contributed by atoms with E-state index >= 15 is 0 Å². The summed E-state index contributed by atoms with van der Waals surface area (Å²) in [4.78, 5) is 22.9. The Balaban J connectivity index is 1.64. The van der Waals surface area contributed by atoms with Crippen LogP contribution < -0.4 is 4.74 Å². The molecule has 0 N–H and O–H groups in total. The molecule has 1 heterocycles. The van der Waals surface area contributed by atoms with Gasteiger partial charge in [-0.2, -0.15) is 0 Å². The molecule has 0 saturated carbocycles. The molecule has 6 heteroatoms. The van der Waals surface area contributed by atoms with E-state index in [1.165, 1.54) is 0 Å². The molecule has 0 spiro atoms. The van der Waals surface area contributed by atoms with Crippen molar-refractivity contribution in [1.82, 2.24) is 14.9 Å². The van der Waals surface area contributed by atoms with Gasteiger partial charge in [0, 0.05) is 21.7 Å². The zero-order valence-electron chi connectivity index (χ0n) is 14.1. The SMILES string of the molecule is Cc1nc(CN(C)C(=O)COc2ccc(I)cc2)nc2ccccc12. The lowest BCUT2D eigenvalue weighted by molar-refractivity contribution is -0.132. The fourth-order valence-electron chi connectivity index (χ4n) is 2.45. The van der Waals surface area contributed by atoms with Crippen molar-refractivity contribution in [3.63, 3.8) is 0 Å². The zero-order chi connectivity index (χ0) is 17.8. The minimum absolute atomic E-state index is 0.0103. The van der Waals surface area contributed by atoms with Crippen molar-refractivity contribution < 1.29 is 9.53 Å². The van der Waals surface area contributed by atoms with Gasteiger partial charge in [0.05, 0.1) is 12.1 Å². The van der Waals surface area contributed by atoms with Crippen LogP contribution in [-0.4, -0.2) is 34.4 Å². The molecule has 1 aromatic heterocycles. The number of amides is 1. The summed E-state index contributed by atoms with van der Waals surface area (Å²) in [6.45, 7) is 2.29. The Bertz CT molecular complexity index is 897. The molecular weight excluding hydrogens is 429 g/mol. The number of ether oxygens (including phenoxy) is 1. The van der Waals surface area contributed by atoms with Crippen LogP contribution in [0.5, 0.6) is 5.75 Å². The van der Waals surface area contributed by atoms with E-state index in [9.17, 15) is 4.79 Å². The van der Waals surface area contributed by atoms with Crippen molar-refractivity contribution >= 4 is 39.4 Å². The van der Waals surface area contributed by atoms with Gasteiger partial charge in [-0.25, -0.2) is 9.97 Å². The van der Waals surface area contributed by atoms with Crippen molar-refractivity contribution in [3.8, 4) is 5.75 Å². The third-order valence-corrected chi connectivity index (χ3v) is 4.54. The highest BCUT2D eigenvalue weighted by atomic mass is 127. The third-order valence-electron chi connectivity index (χ3n) is 3.82. The molecule has 3 aromatic rings. The number of aromatic nitrogens is 2. The molecular formula is C19H18IN3O2. The standard InChI is InChI=1S/C19H18IN3O2/c1-13-16-5-3-4-6-17(16)22-18(21-13)11-23(2)19(24)12-25-15-9-7-14(20)8-10-15/h3-10H,11-12H2,1-2H3. The van der Waals surface area contributed by atoms with Crippen molar-refractivity contribution in [1.29, 1.82) is 0 Å². The van der Waals surface area contributed by atoms with Crippen LogP contribution in [-0.2, 0) is 11.3 Å². The van der Waals surface area contributed by atoms with E-state index in [0.29, 0.717) is 18.1 Å². The van der Waals surface area contributed by atoms with Gasteiger partial charge in [-0.1, -0.05) is 18.2 Å². The maximum Gasteiger partial charge on any atom is 0.260 e. The molecule has 0 atom stereocenters. The van der Waals surface area contributed by atoms with Gasteiger partial charge in [0.15, 0.2) is 6.61 Å². The van der Waals surface area contributed by atoms with E-state index in [1.54, 1.807) is 11.9 Å². The summed E-state index contributed by atoms with van der Waals surface area (Å²) >= 11 is 2.23. The van der Waals surface area contributed by atoms with E-state index in [4.69, 9.17) is 4.74 Å². The second-order valence-electron chi connectivity index (χ2n) is 5.73. The maximum atomic E-state index is 12.3. The molecule has 5 nitrogen and oxygen atoms in total.